The third-order valence-electron chi connectivity index (χ3n) is 3.47. The van der Waals surface area contributed by atoms with E-state index >= 15 is 0 Å². The molecule has 5 heteroatoms. The Bertz CT molecular complexity index is 370. The van der Waals surface area contributed by atoms with Crippen LogP contribution in [0.5, 0.6) is 0 Å². The van der Waals surface area contributed by atoms with Crippen molar-refractivity contribution in [3.8, 4) is 0 Å². The van der Waals surface area contributed by atoms with Gasteiger partial charge in [-0.1, -0.05) is 0 Å². The molecule has 3 rings (SSSR count). The summed E-state index contributed by atoms with van der Waals surface area (Å²) in [5, 5.41) is 17.5. The molecule has 3 heterocycles. The molecule has 2 N–H and O–H groups in total. The van der Waals surface area contributed by atoms with Crippen LogP contribution in [-0.4, -0.2) is 38.6 Å². The maximum Gasteiger partial charge on any atom is 0.152 e. The van der Waals surface area contributed by atoms with Gasteiger partial charge in [0.25, 0.3) is 0 Å². The number of nitrogens with one attached hydrogen (secondary N) is 1. The second-order valence-corrected chi connectivity index (χ2v) is 4.82. The topological polar surface area (TPSA) is 63.0 Å². The first-order valence-corrected chi connectivity index (χ1v) is 6.15. The average Bonchev–Trinajstić information content (AvgIpc) is 2.86. The minimum absolute atomic E-state index is 0.244. The molecule has 2 unspecified atom stereocenters. The molecule has 2 atom stereocenters. The fourth-order valence-electron chi connectivity index (χ4n) is 2.58. The minimum Gasteiger partial charge on any atom is -0.391 e. The molecule has 2 aliphatic rings. The molecular weight excluding hydrogens is 204 g/mol. The Labute approximate surface area is 94.9 Å². The molecule has 5 nitrogen and oxygen atoms in total. The van der Waals surface area contributed by atoms with Gasteiger partial charge in [0.15, 0.2) is 5.82 Å². The lowest BCUT2D eigenvalue weighted by molar-refractivity contribution is 0.124. The summed E-state index contributed by atoms with van der Waals surface area (Å²) >= 11 is 0. The van der Waals surface area contributed by atoms with Gasteiger partial charge in [0, 0.05) is 18.9 Å². The van der Waals surface area contributed by atoms with Gasteiger partial charge in [-0.05, 0) is 25.8 Å². The van der Waals surface area contributed by atoms with E-state index in [1.807, 2.05) is 4.68 Å². The van der Waals surface area contributed by atoms with Crippen molar-refractivity contribution in [1.29, 1.82) is 0 Å². The van der Waals surface area contributed by atoms with Crippen LogP contribution in [0, 0.1) is 0 Å². The van der Waals surface area contributed by atoms with Crippen LogP contribution in [0.15, 0.2) is 0 Å². The van der Waals surface area contributed by atoms with E-state index in [-0.39, 0.29) is 6.10 Å². The highest BCUT2D eigenvalue weighted by Gasteiger charge is 2.22. The zero-order valence-corrected chi connectivity index (χ0v) is 9.39. The Morgan fingerprint density at radius 3 is 3.19 bits per heavy atom. The number of fused-ring (bicyclic) bond motifs is 1. The number of aromatic nitrogens is 3. The standard InChI is InChI=1S/C11H18N4O/c16-9-3-4-11-13-10(14-15(11)7-9)6-8-2-1-5-12-8/h8-9,12,16H,1-7H2. The van der Waals surface area contributed by atoms with E-state index in [1.54, 1.807) is 0 Å². The molecule has 0 spiro atoms. The van der Waals surface area contributed by atoms with Crippen molar-refractivity contribution in [2.45, 2.75) is 50.8 Å². The molecular formula is C11H18N4O. The lowest BCUT2D eigenvalue weighted by Crippen LogP contribution is -2.25. The maximum absolute atomic E-state index is 9.55. The van der Waals surface area contributed by atoms with E-state index in [1.165, 1.54) is 12.8 Å². The quantitative estimate of drug-likeness (QED) is 0.732. The highest BCUT2D eigenvalue weighted by Crippen LogP contribution is 2.15. The number of rotatable bonds is 2. The Morgan fingerprint density at radius 1 is 1.44 bits per heavy atom. The Kier molecular flexibility index (Phi) is 2.65. The number of aliphatic hydroxyl groups excluding tert-OH is 1. The van der Waals surface area contributed by atoms with Gasteiger partial charge < -0.3 is 10.4 Å². The summed E-state index contributed by atoms with van der Waals surface area (Å²) in [6, 6.07) is 0.550. The van der Waals surface area contributed by atoms with Gasteiger partial charge in [-0.2, -0.15) is 5.10 Å². The third kappa shape index (κ3) is 1.97. The first-order chi connectivity index (χ1) is 7.81. The highest BCUT2D eigenvalue weighted by atomic mass is 16.3. The van der Waals surface area contributed by atoms with E-state index in [4.69, 9.17) is 0 Å². The van der Waals surface area contributed by atoms with E-state index in [0.29, 0.717) is 12.6 Å². The third-order valence-corrected chi connectivity index (χ3v) is 3.47. The van der Waals surface area contributed by atoms with Crippen LogP contribution >= 0.6 is 0 Å². The highest BCUT2D eigenvalue weighted by molar-refractivity contribution is 4.99. The van der Waals surface area contributed by atoms with Crippen LogP contribution in [-0.2, 0) is 19.4 Å². The lowest BCUT2D eigenvalue weighted by atomic mass is 10.1. The molecule has 0 radical (unpaired) electrons. The van der Waals surface area contributed by atoms with E-state index in [0.717, 1.165) is 37.5 Å². The van der Waals surface area contributed by atoms with E-state index < -0.39 is 0 Å². The number of aryl methyl sites for hydroxylation is 1. The molecule has 0 aromatic carbocycles. The molecule has 16 heavy (non-hydrogen) atoms. The van der Waals surface area contributed by atoms with Crippen LogP contribution in [0.1, 0.15) is 30.9 Å². The summed E-state index contributed by atoms with van der Waals surface area (Å²) in [5.74, 6) is 1.97. The summed E-state index contributed by atoms with van der Waals surface area (Å²) in [6.07, 6.45) is 4.85. The summed E-state index contributed by atoms with van der Waals surface area (Å²) < 4.78 is 1.87. The van der Waals surface area contributed by atoms with Crippen molar-refractivity contribution in [2.75, 3.05) is 6.54 Å². The van der Waals surface area contributed by atoms with Gasteiger partial charge in [0.2, 0.25) is 0 Å². The fourth-order valence-corrected chi connectivity index (χ4v) is 2.58. The molecule has 0 bridgehead atoms. The minimum atomic E-state index is -0.244. The molecule has 2 aliphatic heterocycles. The van der Waals surface area contributed by atoms with Crippen molar-refractivity contribution < 1.29 is 5.11 Å². The van der Waals surface area contributed by atoms with Gasteiger partial charge in [-0.25, -0.2) is 9.67 Å². The molecule has 1 saturated heterocycles. The summed E-state index contributed by atoms with van der Waals surface area (Å²) in [4.78, 5) is 4.55. The molecule has 0 saturated carbocycles. The monoisotopic (exact) mass is 222 g/mol. The van der Waals surface area contributed by atoms with Crippen molar-refractivity contribution in [3.05, 3.63) is 11.6 Å². The molecule has 0 amide bonds. The van der Waals surface area contributed by atoms with Crippen LogP contribution in [0.4, 0.5) is 0 Å². The van der Waals surface area contributed by atoms with Crippen LogP contribution in [0.2, 0.25) is 0 Å². The van der Waals surface area contributed by atoms with Crippen LogP contribution in [0.3, 0.4) is 0 Å². The lowest BCUT2D eigenvalue weighted by Gasteiger charge is -2.16. The largest absolute Gasteiger partial charge is 0.391 e. The predicted molar refractivity (Wildman–Crippen MR) is 59.1 cm³/mol. The molecule has 0 aliphatic carbocycles. The van der Waals surface area contributed by atoms with Crippen molar-refractivity contribution in [3.63, 3.8) is 0 Å². The van der Waals surface area contributed by atoms with E-state index in [9.17, 15) is 5.11 Å². The molecule has 1 aromatic heterocycles. The van der Waals surface area contributed by atoms with Gasteiger partial charge in [0.1, 0.15) is 5.82 Å². The predicted octanol–water partition coefficient (Wildman–Crippen LogP) is -0.120. The van der Waals surface area contributed by atoms with Gasteiger partial charge in [0.05, 0.1) is 12.6 Å². The van der Waals surface area contributed by atoms with Crippen LogP contribution < -0.4 is 5.32 Å². The summed E-state index contributed by atoms with van der Waals surface area (Å²) in [6.45, 7) is 1.73. The number of aliphatic hydroxyl groups is 1. The average molecular weight is 222 g/mol. The number of hydrogen-bond acceptors (Lipinski definition) is 4. The Balaban J connectivity index is 1.71. The first-order valence-electron chi connectivity index (χ1n) is 6.15. The van der Waals surface area contributed by atoms with Crippen molar-refractivity contribution >= 4 is 0 Å². The zero-order chi connectivity index (χ0) is 11.0. The summed E-state index contributed by atoms with van der Waals surface area (Å²) in [7, 11) is 0. The zero-order valence-electron chi connectivity index (χ0n) is 9.39. The molecule has 88 valence electrons. The van der Waals surface area contributed by atoms with Gasteiger partial charge in [-0.15, -0.1) is 0 Å². The van der Waals surface area contributed by atoms with Gasteiger partial charge >= 0.3 is 0 Å². The first kappa shape index (κ1) is 10.2. The van der Waals surface area contributed by atoms with Crippen molar-refractivity contribution in [1.82, 2.24) is 20.1 Å². The second kappa shape index (κ2) is 4.14. The Morgan fingerprint density at radius 2 is 2.38 bits per heavy atom. The molecule has 1 fully saturated rings. The fraction of sp³-hybridized carbons (Fsp3) is 0.818. The summed E-state index contributed by atoms with van der Waals surface area (Å²) in [5.41, 5.74) is 0. The second-order valence-electron chi connectivity index (χ2n) is 4.82. The van der Waals surface area contributed by atoms with Crippen LogP contribution in [0.25, 0.3) is 0 Å². The SMILES string of the molecule is OC1CCc2nc(CC3CCCN3)nn2C1. The number of hydrogen-bond donors (Lipinski definition) is 2. The van der Waals surface area contributed by atoms with E-state index in [2.05, 4.69) is 15.4 Å². The molecule has 1 aromatic rings. The van der Waals surface area contributed by atoms with Crippen molar-refractivity contribution in [2.24, 2.45) is 0 Å². The smallest absolute Gasteiger partial charge is 0.152 e. The Hall–Kier alpha value is -0.940. The maximum atomic E-state index is 9.55. The van der Waals surface area contributed by atoms with Gasteiger partial charge in [-0.3, -0.25) is 0 Å². The number of nitrogens with zero attached hydrogens (tertiary/aromatic N) is 3. The normalized spacial score (nSPS) is 29.3.